The molecule has 1 aliphatic heterocycles. The molecule has 0 spiro atoms. The van der Waals surface area contributed by atoms with Crippen molar-refractivity contribution >= 4 is 29.3 Å². The van der Waals surface area contributed by atoms with E-state index in [1.165, 1.54) is 11.8 Å². The van der Waals surface area contributed by atoms with Gasteiger partial charge in [0.15, 0.2) is 0 Å². The van der Waals surface area contributed by atoms with Crippen LogP contribution in [0.25, 0.3) is 0 Å². The van der Waals surface area contributed by atoms with Gasteiger partial charge in [0.05, 0.1) is 4.91 Å². The number of ether oxygens (including phenoxy) is 2. The highest BCUT2D eigenvalue weighted by atomic mass is 35.5. The Hall–Kier alpha value is -1.91. The van der Waals surface area contributed by atoms with Crippen LogP contribution >= 0.6 is 23.4 Å². The molecule has 0 saturated carbocycles. The van der Waals surface area contributed by atoms with Crippen LogP contribution in [-0.2, 0) is 15.3 Å². The number of carbonyl (C=O) groups is 1. The summed E-state index contributed by atoms with van der Waals surface area (Å²) in [6.07, 6.45) is -0.781. The summed E-state index contributed by atoms with van der Waals surface area (Å²) >= 11 is 7.51. The first-order valence-electron chi connectivity index (χ1n) is 6.73. The normalized spacial score (nSPS) is 17.5. The van der Waals surface area contributed by atoms with Gasteiger partial charge < -0.3 is 9.47 Å². The van der Waals surface area contributed by atoms with Crippen LogP contribution in [-0.4, -0.2) is 12.3 Å². The van der Waals surface area contributed by atoms with Gasteiger partial charge in [-0.15, -0.1) is 11.8 Å². The van der Waals surface area contributed by atoms with E-state index in [1.807, 2.05) is 48.5 Å². The fourth-order valence-electron chi connectivity index (χ4n) is 1.97. The molecule has 3 nitrogen and oxygen atoms in total. The van der Waals surface area contributed by atoms with E-state index in [1.54, 1.807) is 12.1 Å². The van der Waals surface area contributed by atoms with Gasteiger partial charge >= 0.3 is 5.97 Å². The number of hydrogen-bond acceptors (Lipinski definition) is 4. The van der Waals surface area contributed by atoms with Gasteiger partial charge in [-0.05, 0) is 17.7 Å². The molecule has 2 aromatic carbocycles. The van der Waals surface area contributed by atoms with Crippen LogP contribution in [0.5, 0.6) is 5.75 Å². The minimum Gasteiger partial charge on any atom is -0.450 e. The predicted molar refractivity (Wildman–Crippen MR) is 87.6 cm³/mol. The van der Waals surface area contributed by atoms with E-state index in [0.717, 1.165) is 5.56 Å². The van der Waals surface area contributed by atoms with Crippen LogP contribution in [0.1, 0.15) is 5.56 Å². The van der Waals surface area contributed by atoms with Crippen molar-refractivity contribution in [2.45, 2.75) is 12.0 Å². The van der Waals surface area contributed by atoms with Crippen molar-refractivity contribution in [3.05, 3.63) is 76.2 Å². The smallest absolute Gasteiger partial charge is 0.354 e. The van der Waals surface area contributed by atoms with E-state index in [4.69, 9.17) is 21.1 Å². The van der Waals surface area contributed by atoms with E-state index in [9.17, 15) is 4.79 Å². The molecule has 0 N–H and O–H groups in total. The van der Waals surface area contributed by atoms with E-state index in [2.05, 4.69) is 0 Å². The highest BCUT2D eigenvalue weighted by molar-refractivity contribution is 8.02. The molecule has 22 heavy (non-hydrogen) atoms. The average molecular weight is 333 g/mol. The molecule has 0 fully saturated rings. The molecule has 1 atom stereocenters. The Morgan fingerprint density at radius 2 is 1.68 bits per heavy atom. The van der Waals surface area contributed by atoms with E-state index in [0.29, 0.717) is 16.4 Å². The summed E-state index contributed by atoms with van der Waals surface area (Å²) in [6.45, 7) is 0. The van der Waals surface area contributed by atoms with Gasteiger partial charge in [-0.25, -0.2) is 4.79 Å². The van der Waals surface area contributed by atoms with Gasteiger partial charge in [0.1, 0.15) is 10.8 Å². The second-order valence-corrected chi connectivity index (χ2v) is 6.02. The number of halogens is 1. The highest BCUT2D eigenvalue weighted by Crippen LogP contribution is 2.37. The maximum Gasteiger partial charge on any atom is 0.354 e. The number of esters is 1. The van der Waals surface area contributed by atoms with Crippen molar-refractivity contribution in [3.63, 3.8) is 0 Å². The monoisotopic (exact) mass is 332 g/mol. The standard InChI is InChI=1S/C17H13ClO3S/c18-14-15(22-11-12-7-3-1-4-8-12)17(21-16(14)19)20-13-9-5-2-6-10-13/h1-10,17H,11H2. The SMILES string of the molecule is O=C1OC(Oc2ccccc2)C(SCc2ccccc2)=C1Cl. The van der Waals surface area contributed by atoms with Gasteiger partial charge in [-0.1, -0.05) is 60.1 Å². The Bertz CT molecular complexity index is 686. The van der Waals surface area contributed by atoms with Crippen molar-refractivity contribution in [2.24, 2.45) is 0 Å². The summed E-state index contributed by atoms with van der Waals surface area (Å²) in [4.78, 5) is 12.3. The molecule has 0 aliphatic carbocycles. The van der Waals surface area contributed by atoms with Crippen molar-refractivity contribution in [1.82, 2.24) is 0 Å². The van der Waals surface area contributed by atoms with Crippen LogP contribution in [0.3, 0.4) is 0 Å². The molecule has 0 amide bonds. The van der Waals surface area contributed by atoms with Crippen molar-refractivity contribution in [2.75, 3.05) is 0 Å². The minimum absolute atomic E-state index is 0.0989. The van der Waals surface area contributed by atoms with Crippen LogP contribution in [0.4, 0.5) is 0 Å². The van der Waals surface area contributed by atoms with Gasteiger partial charge in [-0.2, -0.15) is 0 Å². The molecular formula is C17H13ClO3S. The molecule has 3 rings (SSSR count). The number of thioether (sulfide) groups is 1. The van der Waals surface area contributed by atoms with E-state index < -0.39 is 12.3 Å². The second kappa shape index (κ2) is 6.90. The Morgan fingerprint density at radius 3 is 2.36 bits per heavy atom. The van der Waals surface area contributed by atoms with Crippen molar-refractivity contribution in [1.29, 1.82) is 0 Å². The maximum absolute atomic E-state index is 11.7. The quantitative estimate of drug-likeness (QED) is 0.763. The third-order valence-corrected chi connectivity index (χ3v) is 4.70. The molecule has 1 heterocycles. The largest absolute Gasteiger partial charge is 0.450 e. The molecule has 2 aromatic rings. The lowest BCUT2D eigenvalue weighted by molar-refractivity contribution is -0.148. The number of rotatable bonds is 5. The lowest BCUT2D eigenvalue weighted by Crippen LogP contribution is -2.18. The zero-order valence-electron chi connectivity index (χ0n) is 11.6. The van der Waals surface area contributed by atoms with Gasteiger partial charge in [0.2, 0.25) is 0 Å². The van der Waals surface area contributed by atoms with Gasteiger partial charge in [-0.3, -0.25) is 0 Å². The lowest BCUT2D eigenvalue weighted by Gasteiger charge is -2.15. The Morgan fingerprint density at radius 1 is 1.05 bits per heavy atom. The summed E-state index contributed by atoms with van der Waals surface area (Å²) in [5, 5.41) is 0.0989. The van der Waals surface area contributed by atoms with E-state index >= 15 is 0 Å². The zero-order valence-corrected chi connectivity index (χ0v) is 13.1. The van der Waals surface area contributed by atoms with Crippen LogP contribution in [0.15, 0.2) is 70.6 Å². The summed E-state index contributed by atoms with van der Waals surface area (Å²) in [5.41, 5.74) is 1.14. The number of para-hydroxylation sites is 1. The first-order chi connectivity index (χ1) is 10.7. The Labute approximate surface area is 137 Å². The van der Waals surface area contributed by atoms with Crippen molar-refractivity contribution in [3.8, 4) is 5.75 Å². The highest BCUT2D eigenvalue weighted by Gasteiger charge is 2.35. The van der Waals surface area contributed by atoms with Crippen molar-refractivity contribution < 1.29 is 14.3 Å². The molecule has 0 bridgehead atoms. The molecule has 5 heteroatoms. The molecule has 1 unspecified atom stereocenters. The molecular weight excluding hydrogens is 320 g/mol. The molecule has 0 radical (unpaired) electrons. The summed E-state index contributed by atoms with van der Waals surface area (Å²) in [5.74, 6) is 0.778. The third kappa shape index (κ3) is 3.46. The number of benzene rings is 2. The lowest BCUT2D eigenvalue weighted by atomic mass is 10.2. The Balaban J connectivity index is 1.72. The van der Waals surface area contributed by atoms with E-state index in [-0.39, 0.29) is 5.03 Å². The van der Waals surface area contributed by atoms with Crippen LogP contribution < -0.4 is 4.74 Å². The second-order valence-electron chi connectivity index (χ2n) is 4.62. The van der Waals surface area contributed by atoms with Gasteiger partial charge in [0, 0.05) is 5.75 Å². The molecule has 0 aromatic heterocycles. The summed E-state index contributed by atoms with van der Waals surface area (Å²) < 4.78 is 10.9. The Kier molecular flexibility index (Phi) is 4.71. The molecule has 1 aliphatic rings. The summed E-state index contributed by atoms with van der Waals surface area (Å²) in [7, 11) is 0. The number of cyclic esters (lactones) is 1. The zero-order chi connectivity index (χ0) is 15.4. The number of carbonyl (C=O) groups excluding carboxylic acids is 1. The minimum atomic E-state index is -0.781. The molecule has 0 saturated heterocycles. The topological polar surface area (TPSA) is 35.5 Å². The van der Waals surface area contributed by atoms with Gasteiger partial charge in [0.25, 0.3) is 6.29 Å². The predicted octanol–water partition coefficient (Wildman–Crippen LogP) is 4.33. The maximum atomic E-state index is 11.7. The first-order valence-corrected chi connectivity index (χ1v) is 8.09. The fourth-order valence-corrected chi connectivity index (χ4v) is 3.23. The fraction of sp³-hybridized carbons (Fsp3) is 0.118. The first kappa shape index (κ1) is 15.0. The average Bonchev–Trinajstić information content (AvgIpc) is 2.81. The summed E-state index contributed by atoms with van der Waals surface area (Å²) in [6, 6.07) is 19.2. The third-order valence-electron chi connectivity index (χ3n) is 3.05. The molecule has 112 valence electrons. The number of hydrogen-bond donors (Lipinski definition) is 0. The van der Waals surface area contributed by atoms with Crippen LogP contribution in [0.2, 0.25) is 0 Å². The van der Waals surface area contributed by atoms with Crippen LogP contribution in [0, 0.1) is 0 Å².